The van der Waals surface area contributed by atoms with Crippen molar-refractivity contribution in [3.63, 3.8) is 0 Å². The molecule has 1 amide bonds. The maximum atomic E-state index is 13.8. The van der Waals surface area contributed by atoms with E-state index in [9.17, 15) is 14.3 Å². The SMILES string of the molecule is O=C(Cc1ccc(Br)cc1)Nc1nc2c(nc1C(O)c1ccccc1)-c1ccc(F)cc1CC2. The monoisotopic (exact) mass is 517 g/mol. The summed E-state index contributed by atoms with van der Waals surface area (Å²) in [6.07, 6.45) is 0.264. The number of aliphatic hydroxyl groups is 1. The van der Waals surface area contributed by atoms with Gasteiger partial charge in [-0.25, -0.2) is 14.4 Å². The zero-order valence-electron chi connectivity index (χ0n) is 18.1. The molecule has 1 aromatic heterocycles. The van der Waals surface area contributed by atoms with Crippen LogP contribution in [0.5, 0.6) is 0 Å². The molecule has 0 saturated heterocycles. The van der Waals surface area contributed by atoms with Gasteiger partial charge in [-0.3, -0.25) is 4.79 Å². The van der Waals surface area contributed by atoms with Crippen molar-refractivity contribution in [3.8, 4) is 11.3 Å². The third kappa shape index (κ3) is 4.62. The largest absolute Gasteiger partial charge is 0.382 e. The lowest BCUT2D eigenvalue weighted by atomic mass is 9.91. The van der Waals surface area contributed by atoms with Crippen LogP contribution in [-0.4, -0.2) is 21.0 Å². The van der Waals surface area contributed by atoms with Crippen molar-refractivity contribution < 1.29 is 14.3 Å². The third-order valence-electron chi connectivity index (χ3n) is 5.86. The molecule has 1 unspecified atom stereocenters. The highest BCUT2D eigenvalue weighted by Gasteiger charge is 2.26. The maximum absolute atomic E-state index is 13.8. The van der Waals surface area contributed by atoms with Crippen LogP contribution in [0.15, 0.2) is 77.3 Å². The Balaban J connectivity index is 1.54. The fraction of sp³-hybridized carbons (Fsp3) is 0.148. The number of anilines is 1. The van der Waals surface area contributed by atoms with Gasteiger partial charge in [0.15, 0.2) is 5.82 Å². The number of hydrogen-bond acceptors (Lipinski definition) is 4. The Hall–Kier alpha value is -3.42. The molecule has 1 aliphatic rings. The van der Waals surface area contributed by atoms with Crippen LogP contribution in [-0.2, 0) is 24.1 Å². The molecule has 3 aromatic carbocycles. The first-order valence-electron chi connectivity index (χ1n) is 10.9. The molecule has 4 aromatic rings. The Morgan fingerprint density at radius 2 is 1.79 bits per heavy atom. The normalized spacial score (nSPS) is 13.0. The molecule has 2 N–H and O–H groups in total. The van der Waals surface area contributed by atoms with Crippen molar-refractivity contribution in [1.29, 1.82) is 0 Å². The number of nitrogens with zero attached hydrogens (tertiary/aromatic N) is 2. The van der Waals surface area contributed by atoms with Crippen LogP contribution in [0.2, 0.25) is 0 Å². The van der Waals surface area contributed by atoms with Gasteiger partial charge in [-0.1, -0.05) is 58.4 Å². The van der Waals surface area contributed by atoms with Gasteiger partial charge < -0.3 is 10.4 Å². The van der Waals surface area contributed by atoms with Crippen molar-refractivity contribution >= 4 is 27.7 Å². The van der Waals surface area contributed by atoms with E-state index >= 15 is 0 Å². The maximum Gasteiger partial charge on any atom is 0.229 e. The molecule has 1 atom stereocenters. The molecule has 34 heavy (non-hydrogen) atoms. The third-order valence-corrected chi connectivity index (χ3v) is 6.39. The number of rotatable bonds is 5. The fourth-order valence-corrected chi connectivity index (χ4v) is 4.43. The number of carbonyl (C=O) groups excluding carboxylic acids is 1. The molecule has 7 heteroatoms. The van der Waals surface area contributed by atoms with Gasteiger partial charge >= 0.3 is 0 Å². The van der Waals surface area contributed by atoms with Crippen molar-refractivity contribution in [3.05, 3.63) is 111 Å². The molecule has 5 rings (SSSR count). The van der Waals surface area contributed by atoms with Crippen molar-refractivity contribution in [2.75, 3.05) is 5.32 Å². The predicted molar refractivity (Wildman–Crippen MR) is 132 cm³/mol. The Labute approximate surface area is 204 Å². The van der Waals surface area contributed by atoms with Crippen LogP contribution in [0.1, 0.15) is 34.2 Å². The molecule has 0 bridgehead atoms. The Bertz CT molecular complexity index is 1360. The first kappa shape index (κ1) is 22.4. The number of aromatic nitrogens is 2. The van der Waals surface area contributed by atoms with Gasteiger partial charge in [0.1, 0.15) is 17.6 Å². The van der Waals surface area contributed by atoms with Crippen LogP contribution in [0.4, 0.5) is 10.2 Å². The van der Waals surface area contributed by atoms with Gasteiger partial charge in [-0.15, -0.1) is 0 Å². The molecule has 0 saturated carbocycles. The van der Waals surface area contributed by atoms with Crippen LogP contribution in [0, 0.1) is 5.82 Å². The summed E-state index contributed by atoms with van der Waals surface area (Å²) in [5.41, 5.74) is 4.71. The van der Waals surface area contributed by atoms with E-state index in [-0.39, 0.29) is 29.7 Å². The number of fused-ring (bicyclic) bond motifs is 3. The second-order valence-corrected chi connectivity index (χ2v) is 9.13. The molecule has 1 heterocycles. The summed E-state index contributed by atoms with van der Waals surface area (Å²) >= 11 is 3.40. The summed E-state index contributed by atoms with van der Waals surface area (Å²) in [5.74, 6) is -0.310. The highest BCUT2D eigenvalue weighted by atomic mass is 79.9. The summed E-state index contributed by atoms with van der Waals surface area (Å²) in [6, 6.07) is 21.2. The number of aliphatic hydroxyl groups excluding tert-OH is 1. The van der Waals surface area contributed by atoms with Crippen molar-refractivity contribution in [2.45, 2.75) is 25.4 Å². The van der Waals surface area contributed by atoms with E-state index < -0.39 is 6.10 Å². The average Bonchev–Trinajstić information content (AvgIpc) is 2.85. The zero-order valence-corrected chi connectivity index (χ0v) is 19.7. The topological polar surface area (TPSA) is 75.1 Å². The smallest absolute Gasteiger partial charge is 0.229 e. The fourth-order valence-electron chi connectivity index (χ4n) is 4.17. The molecule has 5 nitrogen and oxygen atoms in total. The lowest BCUT2D eigenvalue weighted by Gasteiger charge is -2.22. The minimum Gasteiger partial charge on any atom is -0.382 e. The van der Waals surface area contributed by atoms with Gasteiger partial charge in [0.2, 0.25) is 5.91 Å². The summed E-state index contributed by atoms with van der Waals surface area (Å²) < 4.78 is 14.7. The highest BCUT2D eigenvalue weighted by Crippen LogP contribution is 2.35. The second kappa shape index (κ2) is 9.44. The number of nitrogens with one attached hydrogen (secondary N) is 1. The van der Waals surface area contributed by atoms with E-state index in [1.54, 1.807) is 18.2 Å². The van der Waals surface area contributed by atoms with E-state index in [2.05, 4.69) is 21.2 Å². The Morgan fingerprint density at radius 1 is 1.03 bits per heavy atom. The zero-order chi connectivity index (χ0) is 23.7. The van der Waals surface area contributed by atoms with Gasteiger partial charge in [0.25, 0.3) is 0 Å². The molecular formula is C27H21BrFN3O2. The standard InChI is InChI=1S/C27H21BrFN3O2/c28-19-9-6-16(7-10-19)14-23(33)31-27-25(26(34)17-4-2-1-3-5-17)32-24-21-12-11-20(29)15-18(21)8-13-22(24)30-27/h1-7,9-12,15,26,34H,8,13-14H2,(H,30,31,33). The lowest BCUT2D eigenvalue weighted by molar-refractivity contribution is -0.115. The van der Waals surface area contributed by atoms with E-state index in [1.807, 2.05) is 42.5 Å². The minimum absolute atomic E-state index is 0.162. The van der Waals surface area contributed by atoms with Gasteiger partial charge in [0.05, 0.1) is 17.8 Å². The molecule has 0 fully saturated rings. The van der Waals surface area contributed by atoms with Crippen molar-refractivity contribution in [2.24, 2.45) is 0 Å². The lowest BCUT2D eigenvalue weighted by Crippen LogP contribution is -2.21. The molecular weight excluding hydrogens is 497 g/mol. The molecule has 0 radical (unpaired) electrons. The summed E-state index contributed by atoms with van der Waals surface area (Å²) in [5, 5.41) is 14.0. The quantitative estimate of drug-likeness (QED) is 0.371. The average molecular weight is 518 g/mol. The number of aryl methyl sites for hydroxylation is 2. The first-order chi connectivity index (χ1) is 16.5. The summed E-state index contributed by atoms with van der Waals surface area (Å²) in [7, 11) is 0. The van der Waals surface area contributed by atoms with Gasteiger partial charge in [0, 0.05) is 10.0 Å². The summed E-state index contributed by atoms with van der Waals surface area (Å²) in [4.78, 5) is 22.4. The minimum atomic E-state index is -1.09. The van der Waals surface area contributed by atoms with E-state index in [0.29, 0.717) is 29.8 Å². The number of hydrogen-bond donors (Lipinski definition) is 2. The number of halogens is 2. The first-order valence-corrected chi connectivity index (χ1v) is 11.7. The van der Waals surface area contributed by atoms with Crippen LogP contribution >= 0.6 is 15.9 Å². The summed E-state index contributed by atoms with van der Waals surface area (Å²) in [6.45, 7) is 0. The molecule has 0 spiro atoms. The molecule has 170 valence electrons. The van der Waals surface area contributed by atoms with Gasteiger partial charge in [-0.2, -0.15) is 0 Å². The Morgan fingerprint density at radius 3 is 2.56 bits per heavy atom. The molecule has 0 aliphatic heterocycles. The highest BCUT2D eigenvalue weighted by molar-refractivity contribution is 9.10. The van der Waals surface area contributed by atoms with Crippen LogP contribution < -0.4 is 5.32 Å². The molecule has 1 aliphatic carbocycles. The van der Waals surface area contributed by atoms with E-state index in [4.69, 9.17) is 9.97 Å². The van der Waals surface area contributed by atoms with Gasteiger partial charge in [-0.05, 0) is 59.9 Å². The number of amides is 1. The number of benzene rings is 3. The number of carbonyl (C=O) groups is 1. The Kier molecular flexibility index (Phi) is 6.22. The van der Waals surface area contributed by atoms with Crippen molar-refractivity contribution in [1.82, 2.24) is 9.97 Å². The predicted octanol–water partition coefficient (Wildman–Crippen LogP) is 5.41. The van der Waals surface area contributed by atoms with Crippen LogP contribution in [0.3, 0.4) is 0 Å². The van der Waals surface area contributed by atoms with Crippen LogP contribution in [0.25, 0.3) is 11.3 Å². The van der Waals surface area contributed by atoms with E-state index in [1.165, 1.54) is 12.1 Å². The second-order valence-electron chi connectivity index (χ2n) is 8.22. The van der Waals surface area contributed by atoms with E-state index in [0.717, 1.165) is 21.2 Å².